The summed E-state index contributed by atoms with van der Waals surface area (Å²) in [5.41, 5.74) is 13.9. The molecule has 0 aliphatic heterocycles. The molecule has 0 bridgehead atoms. The molecule has 0 fully saturated rings. The molecule has 1 amide bonds. The number of amides is 1. The van der Waals surface area contributed by atoms with Crippen LogP contribution in [0.25, 0.3) is 32.6 Å². The minimum Gasteiger partial charge on any atom is -0.379 e. The molecule has 0 aliphatic rings. The number of rotatable bonds is 3. The number of fused-ring (bicyclic) bond motifs is 2. The highest BCUT2D eigenvalue weighted by Crippen LogP contribution is 2.28. The second-order valence-corrected chi connectivity index (χ2v) is 7.60. The Labute approximate surface area is 168 Å². The van der Waals surface area contributed by atoms with Gasteiger partial charge in [-0.05, 0) is 36.4 Å². The first kappa shape index (κ1) is 17.2. The highest BCUT2D eigenvalue weighted by Gasteiger charge is 2.17. The van der Waals surface area contributed by atoms with Gasteiger partial charge in [-0.1, -0.05) is 24.3 Å². The van der Waals surface area contributed by atoms with E-state index in [1.165, 1.54) is 4.57 Å². The van der Waals surface area contributed by atoms with Gasteiger partial charge in [-0.25, -0.2) is 4.98 Å². The van der Waals surface area contributed by atoms with Crippen molar-refractivity contribution in [2.24, 2.45) is 5.73 Å². The van der Waals surface area contributed by atoms with Gasteiger partial charge >= 0.3 is 0 Å². The fraction of sp³-hybridized carbons (Fsp3) is 0. The SMILES string of the molecule is NC(=O)c1cc2c(nc(N)c(=O)n2-c2ccc3ccn(-c4ccccc4)c3c2)s1. The van der Waals surface area contributed by atoms with E-state index in [0.717, 1.165) is 27.9 Å². The molecule has 4 N–H and O–H groups in total. The number of carbonyl (C=O) groups is 1. The van der Waals surface area contributed by atoms with E-state index in [2.05, 4.69) is 4.98 Å². The number of anilines is 1. The lowest BCUT2D eigenvalue weighted by Crippen LogP contribution is -2.22. The molecular weight excluding hydrogens is 386 g/mol. The molecular formula is C21H15N5O2S. The third-order valence-electron chi connectivity index (χ3n) is 4.79. The van der Waals surface area contributed by atoms with Gasteiger partial charge in [-0.3, -0.25) is 14.2 Å². The summed E-state index contributed by atoms with van der Waals surface area (Å²) in [5, 5.41) is 1.03. The van der Waals surface area contributed by atoms with Crippen LogP contribution in [0.4, 0.5) is 5.82 Å². The number of primary amides is 1. The highest BCUT2D eigenvalue weighted by molar-refractivity contribution is 7.20. The summed E-state index contributed by atoms with van der Waals surface area (Å²) in [6.45, 7) is 0. The van der Waals surface area contributed by atoms with E-state index in [9.17, 15) is 9.59 Å². The topological polar surface area (TPSA) is 109 Å². The van der Waals surface area contributed by atoms with Gasteiger partial charge in [-0.15, -0.1) is 11.3 Å². The van der Waals surface area contributed by atoms with Crippen LogP contribution in [0.15, 0.2) is 71.7 Å². The Morgan fingerprint density at radius 1 is 0.966 bits per heavy atom. The maximum Gasteiger partial charge on any atom is 0.298 e. The molecule has 0 radical (unpaired) electrons. The maximum atomic E-state index is 12.8. The molecule has 3 heterocycles. The second kappa shape index (κ2) is 6.32. The molecule has 0 unspecified atom stereocenters. The van der Waals surface area contributed by atoms with Crippen LogP contribution >= 0.6 is 11.3 Å². The largest absolute Gasteiger partial charge is 0.379 e. The highest BCUT2D eigenvalue weighted by atomic mass is 32.1. The summed E-state index contributed by atoms with van der Waals surface area (Å²) in [4.78, 5) is 29.4. The Hall–Kier alpha value is -3.91. The third-order valence-corrected chi connectivity index (χ3v) is 5.82. The fourth-order valence-corrected chi connectivity index (χ4v) is 4.32. The molecule has 5 aromatic rings. The zero-order chi connectivity index (χ0) is 20.1. The molecule has 2 aromatic carbocycles. The van der Waals surface area contributed by atoms with Crippen LogP contribution in [-0.2, 0) is 0 Å². The summed E-state index contributed by atoms with van der Waals surface area (Å²) in [6, 6.07) is 19.2. The molecule has 0 spiro atoms. The van der Waals surface area contributed by atoms with E-state index >= 15 is 0 Å². The summed E-state index contributed by atoms with van der Waals surface area (Å²) in [5.74, 6) is -0.701. The van der Waals surface area contributed by atoms with Gasteiger partial charge in [0.2, 0.25) is 0 Å². The van der Waals surface area contributed by atoms with E-state index in [-0.39, 0.29) is 5.82 Å². The van der Waals surface area contributed by atoms with Crippen LogP contribution < -0.4 is 17.0 Å². The standard InChI is InChI=1S/C21H15N5O2S/c22-18-21(28)26(16-11-17(19(23)27)29-20(16)24-18)14-7-6-12-8-9-25(15(12)10-14)13-4-2-1-3-5-13/h1-11H,(H2,22,24)(H2,23,27). The predicted molar refractivity (Wildman–Crippen MR) is 115 cm³/mol. The first-order chi connectivity index (χ1) is 14.0. The van der Waals surface area contributed by atoms with Gasteiger partial charge in [-0.2, -0.15) is 0 Å². The molecule has 7 nitrogen and oxygen atoms in total. The zero-order valence-electron chi connectivity index (χ0n) is 15.1. The second-order valence-electron chi connectivity index (χ2n) is 6.57. The van der Waals surface area contributed by atoms with Crippen molar-refractivity contribution in [2.75, 3.05) is 5.73 Å². The Morgan fingerprint density at radius 2 is 1.76 bits per heavy atom. The summed E-state index contributed by atoms with van der Waals surface area (Å²) in [7, 11) is 0. The molecule has 142 valence electrons. The van der Waals surface area contributed by atoms with Crippen molar-refractivity contribution in [2.45, 2.75) is 0 Å². The lowest BCUT2D eigenvalue weighted by atomic mass is 10.2. The molecule has 0 saturated heterocycles. The number of benzene rings is 2. The van der Waals surface area contributed by atoms with E-state index in [1.54, 1.807) is 6.07 Å². The van der Waals surface area contributed by atoms with Crippen LogP contribution in [0.3, 0.4) is 0 Å². The Morgan fingerprint density at radius 3 is 2.52 bits per heavy atom. The Bertz CT molecular complexity index is 1460. The smallest absolute Gasteiger partial charge is 0.298 e. The molecule has 29 heavy (non-hydrogen) atoms. The van der Waals surface area contributed by atoms with E-state index in [4.69, 9.17) is 11.5 Å². The summed E-state index contributed by atoms with van der Waals surface area (Å²) in [6.07, 6.45) is 1.98. The van der Waals surface area contributed by atoms with Gasteiger partial charge in [0.25, 0.3) is 11.5 Å². The van der Waals surface area contributed by atoms with Gasteiger partial charge in [0.1, 0.15) is 4.83 Å². The summed E-state index contributed by atoms with van der Waals surface area (Å²) < 4.78 is 3.52. The van der Waals surface area contributed by atoms with Crippen molar-refractivity contribution in [3.8, 4) is 11.4 Å². The van der Waals surface area contributed by atoms with E-state index < -0.39 is 11.5 Å². The first-order valence-corrected chi connectivity index (χ1v) is 9.63. The maximum absolute atomic E-state index is 12.8. The quantitative estimate of drug-likeness (QED) is 0.484. The lowest BCUT2D eigenvalue weighted by Gasteiger charge is -2.10. The zero-order valence-corrected chi connectivity index (χ0v) is 15.9. The number of hydrogen-bond acceptors (Lipinski definition) is 5. The minimum atomic E-state index is -0.570. The average molecular weight is 401 g/mol. The van der Waals surface area contributed by atoms with Crippen LogP contribution in [-0.4, -0.2) is 20.0 Å². The number of thiophene rings is 1. The van der Waals surface area contributed by atoms with Crippen molar-refractivity contribution < 1.29 is 4.79 Å². The van der Waals surface area contributed by atoms with Gasteiger partial charge in [0.05, 0.1) is 21.6 Å². The molecule has 5 rings (SSSR count). The molecule has 8 heteroatoms. The minimum absolute atomic E-state index is 0.131. The van der Waals surface area contributed by atoms with E-state index in [1.807, 2.05) is 65.4 Å². The first-order valence-electron chi connectivity index (χ1n) is 8.82. The van der Waals surface area contributed by atoms with Gasteiger partial charge in [0, 0.05) is 17.3 Å². The Balaban J connectivity index is 1.80. The van der Waals surface area contributed by atoms with Crippen molar-refractivity contribution >= 4 is 44.3 Å². The van der Waals surface area contributed by atoms with Gasteiger partial charge in [0.15, 0.2) is 5.82 Å². The van der Waals surface area contributed by atoms with Crippen molar-refractivity contribution in [1.82, 2.24) is 14.1 Å². The fourth-order valence-electron chi connectivity index (χ4n) is 3.44. The predicted octanol–water partition coefficient (Wildman–Crippen LogP) is 3.07. The lowest BCUT2D eigenvalue weighted by molar-refractivity contribution is 0.100. The number of hydrogen-bond donors (Lipinski definition) is 2. The third kappa shape index (κ3) is 2.69. The molecule has 0 saturated carbocycles. The number of para-hydroxylation sites is 1. The number of carbonyl (C=O) groups excluding carboxylic acids is 1. The number of nitrogens with two attached hydrogens (primary N) is 2. The normalized spacial score (nSPS) is 11.3. The summed E-state index contributed by atoms with van der Waals surface area (Å²) >= 11 is 1.11. The molecule has 3 aromatic heterocycles. The number of nitrogen functional groups attached to an aromatic ring is 1. The average Bonchev–Trinajstić information content (AvgIpc) is 3.33. The van der Waals surface area contributed by atoms with Crippen LogP contribution in [0.5, 0.6) is 0 Å². The monoisotopic (exact) mass is 401 g/mol. The Kier molecular flexibility index (Phi) is 3.75. The van der Waals surface area contributed by atoms with Crippen molar-refractivity contribution in [3.63, 3.8) is 0 Å². The van der Waals surface area contributed by atoms with Crippen LogP contribution in [0.2, 0.25) is 0 Å². The van der Waals surface area contributed by atoms with Gasteiger partial charge < -0.3 is 16.0 Å². The molecule has 0 atom stereocenters. The number of nitrogens with zero attached hydrogens (tertiary/aromatic N) is 3. The molecule has 0 aliphatic carbocycles. The van der Waals surface area contributed by atoms with Crippen molar-refractivity contribution in [3.05, 3.63) is 82.1 Å². The number of aromatic nitrogens is 3. The van der Waals surface area contributed by atoms with Crippen molar-refractivity contribution in [1.29, 1.82) is 0 Å². The van der Waals surface area contributed by atoms with Crippen LogP contribution in [0.1, 0.15) is 9.67 Å². The van der Waals surface area contributed by atoms with Crippen LogP contribution in [0, 0.1) is 0 Å². The van der Waals surface area contributed by atoms with E-state index in [0.29, 0.717) is 20.9 Å².